The van der Waals surface area contributed by atoms with Crippen molar-refractivity contribution in [3.8, 4) is 0 Å². The molecule has 3 nitrogen and oxygen atoms in total. The molecule has 3 rings (SSSR count). The summed E-state index contributed by atoms with van der Waals surface area (Å²) in [4.78, 5) is 2.77. The molecule has 2 unspecified atom stereocenters. The maximum Gasteiger partial charge on any atom is 0.0702 e. The number of hydrogen-bond donors (Lipinski definition) is 1. The SMILES string of the molecule is CC1(C)CN(CC2CCCO2)C(C2CCCCC2)CN1. The Morgan fingerprint density at radius 1 is 1.10 bits per heavy atom. The van der Waals surface area contributed by atoms with Gasteiger partial charge in [-0.2, -0.15) is 0 Å². The highest BCUT2D eigenvalue weighted by molar-refractivity contribution is 4.96. The minimum atomic E-state index is 0.254. The number of hydrogen-bond acceptors (Lipinski definition) is 3. The predicted octanol–water partition coefficient (Wildman–Crippen LogP) is 2.80. The second kappa shape index (κ2) is 6.33. The van der Waals surface area contributed by atoms with Gasteiger partial charge in [-0.1, -0.05) is 19.3 Å². The smallest absolute Gasteiger partial charge is 0.0702 e. The zero-order valence-electron chi connectivity index (χ0n) is 13.4. The van der Waals surface area contributed by atoms with Crippen LogP contribution in [0, 0.1) is 5.92 Å². The normalized spacial score (nSPS) is 36.3. The van der Waals surface area contributed by atoms with E-state index in [0.29, 0.717) is 6.10 Å². The fourth-order valence-corrected chi connectivity index (χ4v) is 4.42. The van der Waals surface area contributed by atoms with Gasteiger partial charge in [0, 0.05) is 37.8 Å². The molecule has 2 heterocycles. The molecule has 0 radical (unpaired) electrons. The molecule has 3 aliphatic rings. The van der Waals surface area contributed by atoms with Crippen LogP contribution in [0.15, 0.2) is 0 Å². The molecule has 1 saturated carbocycles. The predicted molar refractivity (Wildman–Crippen MR) is 83.0 cm³/mol. The quantitative estimate of drug-likeness (QED) is 0.860. The maximum atomic E-state index is 5.90. The molecule has 0 amide bonds. The Bertz CT molecular complexity index is 306. The van der Waals surface area contributed by atoms with Gasteiger partial charge >= 0.3 is 0 Å². The van der Waals surface area contributed by atoms with Gasteiger partial charge in [0.15, 0.2) is 0 Å². The minimum absolute atomic E-state index is 0.254. The first-order valence-corrected chi connectivity index (χ1v) is 8.75. The standard InChI is InChI=1S/C17H32N2O/c1-17(2)13-19(12-15-9-6-10-20-15)16(11-18-17)14-7-4-3-5-8-14/h14-16,18H,3-13H2,1-2H3. The Labute approximate surface area is 124 Å². The third kappa shape index (κ3) is 3.55. The zero-order chi connectivity index (χ0) is 14.0. The number of ether oxygens (including phenoxy) is 1. The van der Waals surface area contributed by atoms with Gasteiger partial charge in [0.2, 0.25) is 0 Å². The van der Waals surface area contributed by atoms with Crippen LogP contribution in [0.1, 0.15) is 58.8 Å². The van der Waals surface area contributed by atoms with Crippen LogP contribution < -0.4 is 5.32 Å². The van der Waals surface area contributed by atoms with Crippen LogP contribution in [0.5, 0.6) is 0 Å². The molecule has 1 N–H and O–H groups in total. The molecule has 0 aromatic carbocycles. The van der Waals surface area contributed by atoms with Gasteiger partial charge in [0.05, 0.1) is 6.10 Å². The van der Waals surface area contributed by atoms with Crippen LogP contribution in [0.2, 0.25) is 0 Å². The van der Waals surface area contributed by atoms with E-state index in [2.05, 4.69) is 24.1 Å². The van der Waals surface area contributed by atoms with Gasteiger partial charge in [-0.3, -0.25) is 4.90 Å². The lowest BCUT2D eigenvalue weighted by Crippen LogP contribution is -2.64. The van der Waals surface area contributed by atoms with Crippen LogP contribution in [0.4, 0.5) is 0 Å². The Hall–Kier alpha value is -0.120. The van der Waals surface area contributed by atoms with E-state index in [1.165, 1.54) is 58.0 Å². The Morgan fingerprint density at radius 3 is 2.60 bits per heavy atom. The Morgan fingerprint density at radius 2 is 1.90 bits per heavy atom. The van der Waals surface area contributed by atoms with E-state index >= 15 is 0 Å². The summed E-state index contributed by atoms with van der Waals surface area (Å²) in [6.07, 6.45) is 10.2. The minimum Gasteiger partial charge on any atom is -0.377 e. The fourth-order valence-electron chi connectivity index (χ4n) is 4.42. The second-order valence-corrected chi connectivity index (χ2v) is 7.79. The Balaban J connectivity index is 1.65. The van der Waals surface area contributed by atoms with E-state index < -0.39 is 0 Å². The van der Waals surface area contributed by atoms with Crippen molar-refractivity contribution < 1.29 is 4.74 Å². The van der Waals surface area contributed by atoms with Gasteiger partial charge in [0.1, 0.15) is 0 Å². The molecule has 3 fully saturated rings. The summed E-state index contributed by atoms with van der Waals surface area (Å²) in [5.74, 6) is 0.911. The highest BCUT2D eigenvalue weighted by Crippen LogP contribution is 2.32. The first-order chi connectivity index (χ1) is 9.64. The molecular formula is C17H32N2O. The van der Waals surface area contributed by atoms with Crippen molar-refractivity contribution in [1.29, 1.82) is 0 Å². The molecule has 0 aromatic heterocycles. The molecule has 0 bridgehead atoms. The number of piperazine rings is 1. The van der Waals surface area contributed by atoms with Crippen molar-refractivity contribution in [1.82, 2.24) is 10.2 Å². The lowest BCUT2D eigenvalue weighted by molar-refractivity contribution is 0.00250. The largest absolute Gasteiger partial charge is 0.377 e. The molecular weight excluding hydrogens is 248 g/mol. The molecule has 116 valence electrons. The number of rotatable bonds is 3. The van der Waals surface area contributed by atoms with E-state index in [1.54, 1.807) is 0 Å². The van der Waals surface area contributed by atoms with Crippen molar-refractivity contribution in [2.45, 2.75) is 76.5 Å². The molecule has 1 aliphatic carbocycles. The topological polar surface area (TPSA) is 24.5 Å². The lowest BCUT2D eigenvalue weighted by atomic mass is 9.81. The zero-order valence-corrected chi connectivity index (χ0v) is 13.4. The van der Waals surface area contributed by atoms with Crippen LogP contribution in [0.25, 0.3) is 0 Å². The van der Waals surface area contributed by atoms with E-state index in [1.807, 2.05) is 0 Å². The van der Waals surface area contributed by atoms with Crippen molar-refractivity contribution in [3.05, 3.63) is 0 Å². The summed E-state index contributed by atoms with van der Waals surface area (Å²) in [5, 5.41) is 3.78. The Kier molecular flexibility index (Phi) is 4.68. The van der Waals surface area contributed by atoms with Crippen LogP contribution in [0.3, 0.4) is 0 Å². The molecule has 20 heavy (non-hydrogen) atoms. The van der Waals surface area contributed by atoms with Gasteiger partial charge in [0.25, 0.3) is 0 Å². The number of nitrogens with one attached hydrogen (secondary N) is 1. The monoisotopic (exact) mass is 280 g/mol. The van der Waals surface area contributed by atoms with Crippen LogP contribution >= 0.6 is 0 Å². The highest BCUT2D eigenvalue weighted by atomic mass is 16.5. The van der Waals surface area contributed by atoms with Crippen molar-refractivity contribution in [2.75, 3.05) is 26.2 Å². The van der Waals surface area contributed by atoms with Crippen molar-refractivity contribution in [3.63, 3.8) is 0 Å². The summed E-state index contributed by atoms with van der Waals surface area (Å²) in [7, 11) is 0. The van der Waals surface area contributed by atoms with Gasteiger partial charge < -0.3 is 10.1 Å². The van der Waals surface area contributed by atoms with Crippen LogP contribution in [-0.2, 0) is 4.74 Å². The number of nitrogens with zero attached hydrogens (tertiary/aromatic N) is 1. The van der Waals surface area contributed by atoms with Crippen molar-refractivity contribution >= 4 is 0 Å². The lowest BCUT2D eigenvalue weighted by Gasteiger charge is -2.48. The second-order valence-electron chi connectivity index (χ2n) is 7.79. The molecule has 2 atom stereocenters. The summed E-state index contributed by atoms with van der Waals surface area (Å²) < 4.78 is 5.90. The summed E-state index contributed by atoms with van der Waals surface area (Å²) in [6.45, 7) is 9.16. The van der Waals surface area contributed by atoms with E-state index in [-0.39, 0.29) is 5.54 Å². The maximum absolute atomic E-state index is 5.90. The highest BCUT2D eigenvalue weighted by Gasteiger charge is 2.38. The summed E-state index contributed by atoms with van der Waals surface area (Å²) >= 11 is 0. The summed E-state index contributed by atoms with van der Waals surface area (Å²) in [6, 6.07) is 0.743. The van der Waals surface area contributed by atoms with Gasteiger partial charge in [-0.15, -0.1) is 0 Å². The third-order valence-corrected chi connectivity index (χ3v) is 5.51. The van der Waals surface area contributed by atoms with Crippen molar-refractivity contribution in [2.24, 2.45) is 5.92 Å². The van der Waals surface area contributed by atoms with Gasteiger partial charge in [-0.05, 0) is 45.4 Å². The van der Waals surface area contributed by atoms with Crippen LogP contribution in [-0.4, -0.2) is 48.8 Å². The van der Waals surface area contributed by atoms with E-state index in [4.69, 9.17) is 4.74 Å². The first-order valence-electron chi connectivity index (χ1n) is 8.75. The summed E-state index contributed by atoms with van der Waals surface area (Å²) in [5.41, 5.74) is 0.254. The average molecular weight is 280 g/mol. The van der Waals surface area contributed by atoms with E-state index in [9.17, 15) is 0 Å². The van der Waals surface area contributed by atoms with E-state index in [0.717, 1.165) is 25.1 Å². The average Bonchev–Trinajstić information content (AvgIpc) is 2.92. The molecule has 3 heteroatoms. The third-order valence-electron chi connectivity index (χ3n) is 5.51. The molecule has 2 saturated heterocycles. The fraction of sp³-hybridized carbons (Fsp3) is 1.00. The molecule has 0 spiro atoms. The molecule has 2 aliphatic heterocycles. The molecule has 0 aromatic rings. The van der Waals surface area contributed by atoms with Gasteiger partial charge in [-0.25, -0.2) is 0 Å². The first kappa shape index (κ1) is 14.8.